The van der Waals surface area contributed by atoms with Gasteiger partial charge in [0.15, 0.2) is 0 Å². The number of carbonyl (C=O) groups is 1. The van der Waals surface area contributed by atoms with Crippen LogP contribution >= 0.6 is 0 Å². The number of carboxylic acid groups (broad SMARTS) is 1. The average molecular weight is 238 g/mol. The lowest BCUT2D eigenvalue weighted by Gasteiger charge is -2.29. The molecule has 6 nitrogen and oxygen atoms in total. The van der Waals surface area contributed by atoms with E-state index in [4.69, 9.17) is 5.11 Å². The highest BCUT2D eigenvalue weighted by Gasteiger charge is 2.23. The molecule has 2 rings (SSSR count). The van der Waals surface area contributed by atoms with E-state index in [0.717, 1.165) is 25.5 Å². The maximum atomic E-state index is 11.0. The number of hydrogen-bond acceptors (Lipinski definition) is 4. The summed E-state index contributed by atoms with van der Waals surface area (Å²) in [6, 6.07) is -0.499. The molecule has 0 aliphatic carbocycles. The fourth-order valence-electron chi connectivity index (χ4n) is 2.11. The Bertz CT molecular complexity index is 391. The Morgan fingerprint density at radius 2 is 2.47 bits per heavy atom. The van der Waals surface area contributed by atoms with Crippen LogP contribution in [0.5, 0.6) is 0 Å². The Kier molecular flexibility index (Phi) is 3.75. The number of hydrogen-bond donors (Lipinski definition) is 2. The van der Waals surface area contributed by atoms with Crippen molar-refractivity contribution in [3.8, 4) is 0 Å². The van der Waals surface area contributed by atoms with Gasteiger partial charge in [0.05, 0.1) is 6.54 Å². The minimum absolute atomic E-state index is 0.499. The summed E-state index contributed by atoms with van der Waals surface area (Å²) < 4.78 is 2.11. The maximum Gasteiger partial charge on any atom is 0.322 e. The molecule has 2 N–H and O–H groups in total. The summed E-state index contributed by atoms with van der Waals surface area (Å²) >= 11 is 0. The van der Waals surface area contributed by atoms with E-state index in [1.807, 2.05) is 13.1 Å². The van der Waals surface area contributed by atoms with Crippen LogP contribution in [0.3, 0.4) is 0 Å². The van der Waals surface area contributed by atoms with Crippen LogP contribution in [0, 0.1) is 0 Å². The van der Waals surface area contributed by atoms with Crippen molar-refractivity contribution >= 4 is 5.97 Å². The molecule has 2 heterocycles. The normalized spacial score (nSPS) is 17.7. The number of aliphatic carboxylic acids is 1. The summed E-state index contributed by atoms with van der Waals surface area (Å²) in [5.41, 5.74) is 0. The molecule has 0 aromatic carbocycles. The minimum atomic E-state index is -0.791. The first kappa shape index (κ1) is 12.1. The molecule has 0 fully saturated rings. The molecule has 1 atom stereocenters. The van der Waals surface area contributed by atoms with Crippen LogP contribution in [0.15, 0.2) is 12.4 Å². The summed E-state index contributed by atoms with van der Waals surface area (Å²) in [6.07, 6.45) is 3.75. The van der Waals surface area contributed by atoms with Crippen LogP contribution in [-0.4, -0.2) is 51.2 Å². The number of carboxylic acids is 1. The van der Waals surface area contributed by atoms with Crippen molar-refractivity contribution in [3.05, 3.63) is 18.2 Å². The Morgan fingerprint density at radius 3 is 3.18 bits per heavy atom. The molecule has 6 heteroatoms. The first-order chi connectivity index (χ1) is 8.20. The van der Waals surface area contributed by atoms with Gasteiger partial charge in [0, 0.05) is 32.0 Å². The predicted octanol–water partition coefficient (Wildman–Crippen LogP) is -0.239. The van der Waals surface area contributed by atoms with Crippen LogP contribution in [0.1, 0.15) is 12.7 Å². The number of rotatable bonds is 5. The van der Waals surface area contributed by atoms with E-state index in [1.165, 1.54) is 0 Å². The fraction of sp³-hybridized carbons (Fsp3) is 0.636. The third-order valence-electron chi connectivity index (χ3n) is 3.01. The zero-order valence-corrected chi connectivity index (χ0v) is 9.96. The molecular formula is C11H18N4O2. The quantitative estimate of drug-likeness (QED) is 0.741. The molecule has 1 unspecified atom stereocenters. The Balaban J connectivity index is 1.94. The molecule has 1 aromatic heterocycles. The van der Waals surface area contributed by atoms with Gasteiger partial charge in [-0.05, 0) is 6.54 Å². The summed E-state index contributed by atoms with van der Waals surface area (Å²) in [5, 5.41) is 12.1. The standard InChI is InChI=1S/C11H18N4O2/c1-2-12-9(11(16)17)7-14-5-6-15-4-3-13-10(15)8-14/h3-4,9,12H,2,5-8H2,1H3,(H,16,17). The lowest BCUT2D eigenvalue weighted by Crippen LogP contribution is -2.48. The van der Waals surface area contributed by atoms with E-state index in [9.17, 15) is 4.79 Å². The molecule has 1 aromatic rings. The van der Waals surface area contributed by atoms with Crippen molar-refractivity contribution < 1.29 is 9.90 Å². The summed E-state index contributed by atoms with van der Waals surface area (Å²) in [5.74, 6) is 0.220. The van der Waals surface area contributed by atoms with Crippen molar-refractivity contribution in [1.82, 2.24) is 19.8 Å². The smallest absolute Gasteiger partial charge is 0.322 e. The molecule has 0 saturated heterocycles. The highest BCUT2D eigenvalue weighted by Crippen LogP contribution is 2.10. The second kappa shape index (κ2) is 5.29. The van der Waals surface area contributed by atoms with Gasteiger partial charge in [-0.25, -0.2) is 4.98 Å². The lowest BCUT2D eigenvalue weighted by molar-refractivity contribution is -0.140. The minimum Gasteiger partial charge on any atom is -0.480 e. The largest absolute Gasteiger partial charge is 0.480 e. The number of likely N-dealkylation sites (N-methyl/N-ethyl adjacent to an activating group) is 1. The van der Waals surface area contributed by atoms with Crippen LogP contribution in [0.25, 0.3) is 0 Å². The summed E-state index contributed by atoms with van der Waals surface area (Å²) in [6.45, 7) is 5.59. The second-order valence-corrected chi connectivity index (χ2v) is 4.22. The SMILES string of the molecule is CCNC(CN1CCn2ccnc2C1)C(=O)O. The van der Waals surface area contributed by atoms with E-state index in [0.29, 0.717) is 13.1 Å². The molecule has 0 radical (unpaired) electrons. The van der Waals surface area contributed by atoms with Crippen molar-refractivity contribution in [3.63, 3.8) is 0 Å². The molecular weight excluding hydrogens is 220 g/mol. The van der Waals surface area contributed by atoms with Gasteiger partial charge in [-0.2, -0.15) is 0 Å². The van der Waals surface area contributed by atoms with Gasteiger partial charge < -0.3 is 15.0 Å². The van der Waals surface area contributed by atoms with Gasteiger partial charge in [0.2, 0.25) is 0 Å². The van der Waals surface area contributed by atoms with Gasteiger partial charge >= 0.3 is 5.97 Å². The summed E-state index contributed by atoms with van der Waals surface area (Å²) in [7, 11) is 0. The average Bonchev–Trinajstić information content (AvgIpc) is 2.75. The van der Waals surface area contributed by atoms with Crippen molar-refractivity contribution in [2.24, 2.45) is 0 Å². The number of nitrogens with zero attached hydrogens (tertiary/aromatic N) is 3. The van der Waals surface area contributed by atoms with Gasteiger partial charge in [-0.15, -0.1) is 0 Å². The van der Waals surface area contributed by atoms with Crippen molar-refractivity contribution in [1.29, 1.82) is 0 Å². The van der Waals surface area contributed by atoms with Crippen LogP contribution in [0.2, 0.25) is 0 Å². The molecule has 0 spiro atoms. The van der Waals surface area contributed by atoms with Crippen LogP contribution < -0.4 is 5.32 Å². The number of aromatic nitrogens is 2. The van der Waals surface area contributed by atoms with Crippen LogP contribution in [-0.2, 0) is 17.9 Å². The monoisotopic (exact) mass is 238 g/mol. The zero-order valence-electron chi connectivity index (χ0n) is 9.96. The molecule has 0 bridgehead atoms. The van der Waals surface area contributed by atoms with Gasteiger partial charge in [0.25, 0.3) is 0 Å². The molecule has 94 valence electrons. The molecule has 1 aliphatic heterocycles. The summed E-state index contributed by atoms with van der Waals surface area (Å²) in [4.78, 5) is 17.4. The molecule has 0 saturated carbocycles. The maximum absolute atomic E-state index is 11.0. The van der Waals surface area contributed by atoms with E-state index >= 15 is 0 Å². The van der Waals surface area contributed by atoms with E-state index < -0.39 is 12.0 Å². The van der Waals surface area contributed by atoms with Crippen molar-refractivity contribution in [2.45, 2.75) is 26.1 Å². The lowest BCUT2D eigenvalue weighted by atomic mass is 10.2. The van der Waals surface area contributed by atoms with Gasteiger partial charge in [-0.3, -0.25) is 9.69 Å². The van der Waals surface area contributed by atoms with E-state index in [1.54, 1.807) is 6.20 Å². The van der Waals surface area contributed by atoms with Gasteiger partial charge in [-0.1, -0.05) is 6.92 Å². The van der Waals surface area contributed by atoms with Crippen molar-refractivity contribution in [2.75, 3.05) is 19.6 Å². The predicted molar refractivity (Wildman–Crippen MR) is 62.6 cm³/mol. The number of imidazole rings is 1. The second-order valence-electron chi connectivity index (χ2n) is 4.22. The number of nitrogens with one attached hydrogen (secondary N) is 1. The molecule has 1 aliphatic rings. The van der Waals surface area contributed by atoms with E-state index in [-0.39, 0.29) is 0 Å². The first-order valence-corrected chi connectivity index (χ1v) is 5.89. The fourth-order valence-corrected chi connectivity index (χ4v) is 2.11. The van der Waals surface area contributed by atoms with Crippen LogP contribution in [0.4, 0.5) is 0 Å². The third-order valence-corrected chi connectivity index (χ3v) is 3.01. The zero-order chi connectivity index (χ0) is 12.3. The first-order valence-electron chi connectivity index (χ1n) is 5.89. The Morgan fingerprint density at radius 1 is 1.65 bits per heavy atom. The highest BCUT2D eigenvalue weighted by atomic mass is 16.4. The van der Waals surface area contributed by atoms with Gasteiger partial charge in [0.1, 0.15) is 11.9 Å². The molecule has 17 heavy (non-hydrogen) atoms. The topological polar surface area (TPSA) is 70.4 Å². The Hall–Kier alpha value is -1.40. The van der Waals surface area contributed by atoms with E-state index in [2.05, 4.69) is 19.8 Å². The molecule has 0 amide bonds. The Labute approximate surface area is 100 Å². The third kappa shape index (κ3) is 2.83. The number of fused-ring (bicyclic) bond motifs is 1. The highest BCUT2D eigenvalue weighted by molar-refractivity contribution is 5.73.